The number of aromatic nitrogens is 2. The zero-order valence-corrected chi connectivity index (χ0v) is 18.3. The van der Waals surface area contributed by atoms with Gasteiger partial charge in [-0.3, -0.25) is 14.4 Å². The Kier molecular flexibility index (Phi) is 7.78. The van der Waals surface area contributed by atoms with E-state index in [2.05, 4.69) is 10.4 Å². The number of anilines is 1. The van der Waals surface area contributed by atoms with Crippen molar-refractivity contribution in [1.82, 2.24) is 14.7 Å². The first-order chi connectivity index (χ1) is 14.9. The molecule has 0 spiro atoms. The van der Waals surface area contributed by atoms with Crippen LogP contribution in [0.3, 0.4) is 0 Å². The summed E-state index contributed by atoms with van der Waals surface area (Å²) in [4.78, 5) is 14.3. The first-order valence-electron chi connectivity index (χ1n) is 10.4. The normalized spacial score (nSPS) is 11.0. The van der Waals surface area contributed by atoms with Gasteiger partial charge in [0.05, 0.1) is 24.5 Å². The molecule has 1 aromatic heterocycles. The molecule has 7 heteroatoms. The van der Waals surface area contributed by atoms with E-state index in [9.17, 15) is 9.18 Å². The Morgan fingerprint density at radius 1 is 1.16 bits per heavy atom. The van der Waals surface area contributed by atoms with Crippen LogP contribution in [-0.2, 0) is 18.3 Å². The zero-order chi connectivity index (χ0) is 22.2. The van der Waals surface area contributed by atoms with Crippen molar-refractivity contribution in [3.8, 4) is 17.0 Å². The Morgan fingerprint density at radius 3 is 2.55 bits per heavy atom. The van der Waals surface area contributed by atoms with Crippen LogP contribution in [0.1, 0.15) is 19.0 Å². The summed E-state index contributed by atoms with van der Waals surface area (Å²) in [6.07, 6.45) is 1.69. The zero-order valence-electron chi connectivity index (χ0n) is 18.3. The lowest BCUT2D eigenvalue weighted by Crippen LogP contribution is -2.31. The summed E-state index contributed by atoms with van der Waals surface area (Å²) < 4.78 is 20.4. The molecule has 1 N–H and O–H groups in total. The van der Waals surface area contributed by atoms with Gasteiger partial charge >= 0.3 is 0 Å². The summed E-state index contributed by atoms with van der Waals surface area (Å²) in [5.74, 6) is 0.485. The summed E-state index contributed by atoms with van der Waals surface area (Å²) >= 11 is 0. The van der Waals surface area contributed by atoms with Crippen molar-refractivity contribution < 1.29 is 13.9 Å². The molecule has 0 aliphatic rings. The number of amides is 1. The molecule has 0 saturated heterocycles. The number of ether oxygens (including phenoxy) is 1. The van der Waals surface area contributed by atoms with E-state index in [1.54, 1.807) is 12.1 Å². The third-order valence-corrected chi connectivity index (χ3v) is 4.91. The third kappa shape index (κ3) is 6.65. The van der Waals surface area contributed by atoms with Crippen molar-refractivity contribution >= 4 is 11.6 Å². The number of carbonyl (C=O) groups excluding carboxylic acids is 1. The van der Waals surface area contributed by atoms with Crippen LogP contribution >= 0.6 is 0 Å². The first kappa shape index (κ1) is 22.5. The Labute approximate surface area is 182 Å². The average molecular weight is 425 g/mol. The van der Waals surface area contributed by atoms with Crippen LogP contribution in [0, 0.1) is 5.82 Å². The number of aryl methyl sites for hydroxylation is 2. The van der Waals surface area contributed by atoms with E-state index in [-0.39, 0.29) is 11.7 Å². The molecule has 31 heavy (non-hydrogen) atoms. The molecule has 164 valence electrons. The van der Waals surface area contributed by atoms with Gasteiger partial charge in [0.2, 0.25) is 5.91 Å². The molecule has 3 rings (SSSR count). The van der Waals surface area contributed by atoms with Crippen LogP contribution in [0.2, 0.25) is 0 Å². The molecule has 0 unspecified atom stereocenters. The molecular weight excluding hydrogens is 395 g/mol. The van der Waals surface area contributed by atoms with Gasteiger partial charge in [0.25, 0.3) is 0 Å². The molecule has 0 saturated carbocycles. The largest absolute Gasteiger partial charge is 0.494 e. The topological polar surface area (TPSA) is 59.4 Å². The summed E-state index contributed by atoms with van der Waals surface area (Å²) in [6.45, 7) is 3.64. The molecule has 0 radical (unpaired) electrons. The van der Waals surface area contributed by atoms with Crippen molar-refractivity contribution in [1.29, 1.82) is 0 Å². The van der Waals surface area contributed by atoms with Crippen molar-refractivity contribution in [2.75, 3.05) is 32.1 Å². The number of nitrogens with one attached hydrogen (secondary N) is 1. The molecule has 0 fully saturated rings. The minimum absolute atomic E-state index is 0.0527. The molecule has 1 amide bonds. The molecule has 0 atom stereocenters. The van der Waals surface area contributed by atoms with E-state index >= 15 is 0 Å². The highest BCUT2D eigenvalue weighted by atomic mass is 19.1. The van der Waals surface area contributed by atoms with Gasteiger partial charge in [-0.05, 0) is 93.5 Å². The van der Waals surface area contributed by atoms with Crippen LogP contribution in [0.25, 0.3) is 11.3 Å². The molecular formula is C24H29FN4O2. The minimum Gasteiger partial charge on any atom is -0.494 e. The van der Waals surface area contributed by atoms with Crippen molar-refractivity contribution in [2.45, 2.75) is 19.8 Å². The number of rotatable bonds is 10. The lowest BCUT2D eigenvalue weighted by Gasteiger charge is -2.16. The summed E-state index contributed by atoms with van der Waals surface area (Å²) in [6, 6.07) is 15.8. The molecule has 6 nitrogen and oxygen atoms in total. The van der Waals surface area contributed by atoms with Crippen LogP contribution in [0.15, 0.2) is 54.6 Å². The minimum atomic E-state index is -0.249. The van der Waals surface area contributed by atoms with Gasteiger partial charge in [-0.2, -0.15) is 5.10 Å². The lowest BCUT2D eigenvalue weighted by molar-refractivity contribution is -0.117. The Bertz CT molecular complexity index is 984. The predicted octanol–water partition coefficient (Wildman–Crippen LogP) is 4.13. The fraction of sp³-hybridized carbons (Fsp3) is 0.333. The molecule has 3 aromatic rings. The number of carbonyl (C=O) groups is 1. The molecule has 0 bridgehead atoms. The fourth-order valence-electron chi connectivity index (χ4n) is 3.40. The predicted molar refractivity (Wildman–Crippen MR) is 121 cm³/mol. The van der Waals surface area contributed by atoms with Gasteiger partial charge in [0.15, 0.2) is 0 Å². The van der Waals surface area contributed by atoms with Gasteiger partial charge in [0, 0.05) is 12.7 Å². The lowest BCUT2D eigenvalue weighted by atomic mass is 10.1. The maximum absolute atomic E-state index is 13.1. The second-order valence-electron chi connectivity index (χ2n) is 7.50. The number of likely N-dealkylation sites (N-methyl/N-ethyl adjacent to an activating group) is 1. The molecule has 0 aliphatic carbocycles. The van der Waals surface area contributed by atoms with E-state index in [0.717, 1.165) is 47.8 Å². The monoisotopic (exact) mass is 424 g/mol. The average Bonchev–Trinajstić information content (AvgIpc) is 3.10. The van der Waals surface area contributed by atoms with Crippen molar-refractivity contribution in [2.24, 2.45) is 7.05 Å². The Morgan fingerprint density at radius 2 is 1.87 bits per heavy atom. The molecule has 0 aliphatic heterocycles. The maximum atomic E-state index is 13.1. The summed E-state index contributed by atoms with van der Waals surface area (Å²) in [5.41, 5.74) is 3.63. The standard InChI is InChI=1S/C24H29FN4O2/c1-4-31-22-13-11-20(12-14-22)26-24(30)17-28(2)15-5-6-21-16-23(29(3)27-21)18-7-9-19(25)10-8-18/h7-14,16H,4-6,15,17H2,1-3H3,(H,26,30). The van der Waals surface area contributed by atoms with E-state index in [1.165, 1.54) is 12.1 Å². The second kappa shape index (κ2) is 10.7. The third-order valence-electron chi connectivity index (χ3n) is 4.91. The van der Waals surface area contributed by atoms with Crippen LogP contribution < -0.4 is 10.1 Å². The number of hydrogen-bond donors (Lipinski definition) is 1. The number of benzene rings is 2. The van der Waals surface area contributed by atoms with Crippen molar-refractivity contribution in [3.05, 3.63) is 66.1 Å². The van der Waals surface area contributed by atoms with Crippen LogP contribution in [0.5, 0.6) is 5.75 Å². The second-order valence-corrected chi connectivity index (χ2v) is 7.50. The highest BCUT2D eigenvalue weighted by molar-refractivity contribution is 5.92. The van der Waals surface area contributed by atoms with Gasteiger partial charge in [-0.15, -0.1) is 0 Å². The van der Waals surface area contributed by atoms with Gasteiger partial charge in [-0.25, -0.2) is 4.39 Å². The van der Waals surface area contributed by atoms with Gasteiger partial charge in [-0.1, -0.05) is 0 Å². The molecule has 2 aromatic carbocycles. The molecule has 1 heterocycles. The Balaban J connectivity index is 1.43. The van der Waals surface area contributed by atoms with Gasteiger partial charge in [0.1, 0.15) is 11.6 Å². The summed E-state index contributed by atoms with van der Waals surface area (Å²) in [5, 5.41) is 7.46. The Hall–Kier alpha value is -3.19. The summed E-state index contributed by atoms with van der Waals surface area (Å²) in [7, 11) is 3.82. The van der Waals surface area contributed by atoms with E-state index in [0.29, 0.717) is 13.2 Å². The van der Waals surface area contributed by atoms with Crippen molar-refractivity contribution in [3.63, 3.8) is 0 Å². The number of nitrogens with zero attached hydrogens (tertiary/aromatic N) is 3. The quantitative estimate of drug-likeness (QED) is 0.532. The fourth-order valence-corrected chi connectivity index (χ4v) is 3.40. The van der Waals surface area contributed by atoms with E-state index < -0.39 is 0 Å². The highest BCUT2D eigenvalue weighted by Crippen LogP contribution is 2.21. The maximum Gasteiger partial charge on any atom is 0.238 e. The highest BCUT2D eigenvalue weighted by Gasteiger charge is 2.10. The number of halogens is 1. The number of hydrogen-bond acceptors (Lipinski definition) is 4. The van der Waals surface area contributed by atoms with E-state index in [1.807, 2.05) is 60.9 Å². The van der Waals surface area contributed by atoms with Crippen LogP contribution in [-0.4, -0.2) is 47.3 Å². The SMILES string of the molecule is CCOc1ccc(NC(=O)CN(C)CCCc2cc(-c3ccc(F)cc3)n(C)n2)cc1. The first-order valence-corrected chi connectivity index (χ1v) is 10.4. The van der Waals surface area contributed by atoms with Crippen LogP contribution in [0.4, 0.5) is 10.1 Å². The van der Waals surface area contributed by atoms with Gasteiger partial charge < -0.3 is 10.1 Å². The smallest absolute Gasteiger partial charge is 0.238 e. The van der Waals surface area contributed by atoms with E-state index in [4.69, 9.17) is 4.74 Å².